The van der Waals surface area contributed by atoms with Crippen LogP contribution in [0.3, 0.4) is 0 Å². The molecule has 0 amide bonds. The Labute approximate surface area is 95.9 Å². The average molecular weight is 240 g/mol. The molecule has 1 aromatic carbocycles. The van der Waals surface area contributed by atoms with Crippen molar-refractivity contribution in [2.45, 2.75) is 6.54 Å². The number of nitrogens with one attached hydrogen (secondary N) is 1. The molecule has 0 saturated carbocycles. The summed E-state index contributed by atoms with van der Waals surface area (Å²) in [6, 6.07) is 7.05. The summed E-state index contributed by atoms with van der Waals surface area (Å²) in [5, 5.41) is 2.97. The fourth-order valence-corrected chi connectivity index (χ4v) is 1.69. The Hall–Kier alpha value is -1.75. The van der Waals surface area contributed by atoms with Crippen LogP contribution < -0.4 is 11.4 Å². The van der Waals surface area contributed by atoms with Crippen LogP contribution in [0.15, 0.2) is 33.9 Å². The molecule has 0 atom stereocenters. The highest BCUT2D eigenvalue weighted by atomic mass is 35.5. The van der Waals surface area contributed by atoms with Crippen LogP contribution in [0, 0.1) is 0 Å². The highest BCUT2D eigenvalue weighted by molar-refractivity contribution is 6.30. The van der Waals surface area contributed by atoms with Crippen LogP contribution in [0.25, 0.3) is 0 Å². The van der Waals surface area contributed by atoms with Crippen LogP contribution in [0.4, 0.5) is 0 Å². The lowest BCUT2D eigenvalue weighted by Gasteiger charge is -2.00. The molecular weight excluding hydrogens is 230 g/mol. The molecule has 2 aromatic rings. The summed E-state index contributed by atoms with van der Waals surface area (Å²) in [4.78, 5) is 22.9. The molecule has 16 heavy (non-hydrogen) atoms. The number of hydrogen-bond acceptors (Lipinski definition) is 2. The first-order valence-corrected chi connectivity index (χ1v) is 5.06. The number of rotatable bonds is 2. The number of hydrogen-bond donors (Lipinski definition) is 1. The number of aromatic amines is 1. The highest BCUT2D eigenvalue weighted by Crippen LogP contribution is 2.10. The number of aromatic nitrogens is 3. The molecule has 0 aliphatic rings. The van der Waals surface area contributed by atoms with Gasteiger partial charge in [-0.1, -0.05) is 23.7 Å². The molecule has 1 N–H and O–H groups in total. The van der Waals surface area contributed by atoms with E-state index in [1.165, 1.54) is 7.05 Å². The second-order valence-corrected chi connectivity index (χ2v) is 3.91. The molecule has 0 bridgehead atoms. The molecule has 0 fully saturated rings. The van der Waals surface area contributed by atoms with E-state index in [9.17, 15) is 9.59 Å². The van der Waals surface area contributed by atoms with Gasteiger partial charge in [-0.15, -0.1) is 0 Å². The van der Waals surface area contributed by atoms with Crippen LogP contribution >= 0.6 is 11.6 Å². The summed E-state index contributed by atoms with van der Waals surface area (Å²) in [5.74, 6) is 0. The number of aryl methyl sites for hydroxylation is 1. The minimum absolute atomic E-state index is 0.218. The largest absolute Gasteiger partial charge is 0.346 e. The molecule has 0 spiro atoms. The third-order valence-corrected chi connectivity index (χ3v) is 2.49. The number of halogens is 1. The normalized spacial score (nSPS) is 10.6. The molecule has 5 nitrogen and oxygen atoms in total. The van der Waals surface area contributed by atoms with Crippen LogP contribution in [0.1, 0.15) is 5.56 Å². The van der Waals surface area contributed by atoms with Gasteiger partial charge in [-0.3, -0.25) is 0 Å². The minimum Gasteiger partial charge on any atom is -0.246 e. The summed E-state index contributed by atoms with van der Waals surface area (Å²) in [7, 11) is 1.50. The lowest BCUT2D eigenvalue weighted by atomic mass is 10.2. The molecular formula is C10H10ClN3O2. The zero-order valence-corrected chi connectivity index (χ0v) is 9.36. The third-order valence-electron chi connectivity index (χ3n) is 2.26. The molecule has 6 heteroatoms. The Morgan fingerprint density at radius 3 is 2.69 bits per heavy atom. The van der Waals surface area contributed by atoms with Crippen LogP contribution in [0.5, 0.6) is 0 Å². The summed E-state index contributed by atoms with van der Waals surface area (Å²) in [6.07, 6.45) is 0. The zero-order chi connectivity index (χ0) is 11.7. The van der Waals surface area contributed by atoms with Crippen molar-refractivity contribution < 1.29 is 0 Å². The lowest BCUT2D eigenvalue weighted by Crippen LogP contribution is -2.28. The van der Waals surface area contributed by atoms with Gasteiger partial charge in [0, 0.05) is 12.1 Å². The van der Waals surface area contributed by atoms with Crippen molar-refractivity contribution in [2.24, 2.45) is 7.05 Å². The lowest BCUT2D eigenvalue weighted by molar-refractivity contribution is 0.689. The molecule has 1 aromatic heterocycles. The summed E-state index contributed by atoms with van der Waals surface area (Å²) >= 11 is 5.82. The van der Waals surface area contributed by atoms with Crippen molar-refractivity contribution in [1.82, 2.24) is 14.3 Å². The predicted octanol–water partition coefficient (Wildman–Crippen LogP) is 0.577. The van der Waals surface area contributed by atoms with Crippen molar-refractivity contribution in [3.05, 3.63) is 55.8 Å². The second kappa shape index (κ2) is 4.02. The van der Waals surface area contributed by atoms with E-state index >= 15 is 0 Å². The van der Waals surface area contributed by atoms with Gasteiger partial charge in [0.2, 0.25) is 0 Å². The van der Waals surface area contributed by atoms with Crippen molar-refractivity contribution in [1.29, 1.82) is 0 Å². The molecule has 0 saturated heterocycles. The van der Waals surface area contributed by atoms with Gasteiger partial charge in [-0.25, -0.2) is 23.9 Å². The first-order chi connectivity index (χ1) is 7.58. The van der Waals surface area contributed by atoms with Gasteiger partial charge in [0.05, 0.1) is 6.54 Å². The van der Waals surface area contributed by atoms with Gasteiger partial charge in [-0.05, 0) is 17.7 Å². The summed E-state index contributed by atoms with van der Waals surface area (Å²) < 4.78 is 2.26. The quantitative estimate of drug-likeness (QED) is 0.833. The highest BCUT2D eigenvalue weighted by Gasteiger charge is 2.06. The van der Waals surface area contributed by atoms with E-state index in [2.05, 4.69) is 5.10 Å². The first kappa shape index (κ1) is 10.8. The predicted molar refractivity (Wildman–Crippen MR) is 60.8 cm³/mol. The van der Waals surface area contributed by atoms with E-state index in [0.29, 0.717) is 5.02 Å². The van der Waals surface area contributed by atoms with Gasteiger partial charge in [0.25, 0.3) is 0 Å². The molecule has 0 unspecified atom stereocenters. The standard InChI is InChI=1S/C10H10ClN3O2/c1-13-10(16)14(9(15)12-13)6-7-3-2-4-8(11)5-7/h2-5H,6H2,1H3,(H,12,15). The monoisotopic (exact) mass is 239 g/mol. The maximum atomic E-state index is 11.5. The van der Waals surface area contributed by atoms with Gasteiger partial charge in [0.15, 0.2) is 0 Å². The van der Waals surface area contributed by atoms with E-state index in [0.717, 1.165) is 14.8 Å². The smallest absolute Gasteiger partial charge is 0.246 e. The Kier molecular flexibility index (Phi) is 2.70. The molecule has 84 valence electrons. The fraction of sp³-hybridized carbons (Fsp3) is 0.200. The molecule has 1 heterocycles. The van der Waals surface area contributed by atoms with Crippen molar-refractivity contribution in [3.8, 4) is 0 Å². The van der Waals surface area contributed by atoms with Crippen molar-refractivity contribution >= 4 is 11.6 Å². The van der Waals surface area contributed by atoms with Crippen LogP contribution in [-0.4, -0.2) is 14.3 Å². The maximum absolute atomic E-state index is 11.5. The Bertz CT molecular complexity index is 623. The van der Waals surface area contributed by atoms with Gasteiger partial charge in [-0.2, -0.15) is 0 Å². The molecule has 0 radical (unpaired) electrons. The SMILES string of the molecule is Cn1[nH]c(=O)n(Cc2cccc(Cl)c2)c1=O. The van der Waals surface area contributed by atoms with E-state index in [4.69, 9.17) is 11.6 Å². The Morgan fingerprint density at radius 1 is 1.38 bits per heavy atom. The van der Waals surface area contributed by atoms with Gasteiger partial charge in [0.1, 0.15) is 0 Å². The fourth-order valence-electron chi connectivity index (χ4n) is 1.48. The van der Waals surface area contributed by atoms with Crippen LogP contribution in [0.2, 0.25) is 5.02 Å². The third kappa shape index (κ3) is 1.94. The summed E-state index contributed by atoms with van der Waals surface area (Å²) in [6.45, 7) is 0.218. The van der Waals surface area contributed by atoms with Crippen LogP contribution in [-0.2, 0) is 13.6 Å². The van der Waals surface area contributed by atoms with E-state index in [1.54, 1.807) is 18.2 Å². The second-order valence-electron chi connectivity index (χ2n) is 3.47. The van der Waals surface area contributed by atoms with E-state index in [1.807, 2.05) is 6.07 Å². The van der Waals surface area contributed by atoms with E-state index < -0.39 is 5.69 Å². The average Bonchev–Trinajstić information content (AvgIpc) is 2.45. The Balaban J connectivity index is 2.42. The van der Waals surface area contributed by atoms with Gasteiger partial charge < -0.3 is 0 Å². The Morgan fingerprint density at radius 2 is 2.12 bits per heavy atom. The summed E-state index contributed by atoms with van der Waals surface area (Å²) in [5.41, 5.74) is 0.0174. The first-order valence-electron chi connectivity index (χ1n) is 4.68. The molecule has 2 rings (SSSR count). The van der Waals surface area contributed by atoms with Crippen molar-refractivity contribution in [2.75, 3.05) is 0 Å². The molecule has 0 aliphatic carbocycles. The molecule has 0 aliphatic heterocycles. The van der Waals surface area contributed by atoms with E-state index in [-0.39, 0.29) is 12.2 Å². The minimum atomic E-state index is -0.424. The zero-order valence-electron chi connectivity index (χ0n) is 8.61. The number of benzene rings is 1. The van der Waals surface area contributed by atoms with Gasteiger partial charge >= 0.3 is 11.4 Å². The van der Waals surface area contributed by atoms with Crippen molar-refractivity contribution in [3.63, 3.8) is 0 Å². The number of H-pyrrole nitrogens is 1. The number of nitrogens with zero attached hydrogens (tertiary/aromatic N) is 2. The topological polar surface area (TPSA) is 59.8 Å². The maximum Gasteiger partial charge on any atom is 0.346 e.